The molecule has 132 valence electrons. The minimum absolute atomic E-state index is 0.0550. The van der Waals surface area contributed by atoms with Crippen LogP contribution in [-0.2, 0) is 13.1 Å². The summed E-state index contributed by atoms with van der Waals surface area (Å²) in [6.07, 6.45) is 0. The summed E-state index contributed by atoms with van der Waals surface area (Å²) in [6.45, 7) is 0.832. The first-order chi connectivity index (χ1) is 12.5. The van der Waals surface area contributed by atoms with Gasteiger partial charge in [0.05, 0.1) is 6.54 Å². The molecule has 0 spiro atoms. The normalized spacial score (nSPS) is 13.1. The molecular formula is C18H14F2N4O2. The minimum Gasteiger partial charge on any atom is -0.309 e. The standard InChI is InChI=1S/C18H14F2N4O2/c19-13-3-1-12(2-4-13)11-24-17(26)16(25)23-10-9-22(18(23)21-24)15-7-5-14(20)6-8-15/h1-8H,9-11H2. The lowest BCUT2D eigenvalue weighted by molar-refractivity contribution is 0.588. The van der Waals surface area contributed by atoms with Crippen molar-refractivity contribution in [2.24, 2.45) is 0 Å². The molecule has 2 aromatic carbocycles. The molecule has 4 rings (SSSR count). The van der Waals surface area contributed by atoms with Gasteiger partial charge in [0.1, 0.15) is 11.6 Å². The van der Waals surface area contributed by atoms with Crippen molar-refractivity contribution in [3.8, 4) is 0 Å². The Bertz CT molecular complexity index is 1070. The number of benzene rings is 2. The molecule has 0 bridgehead atoms. The average Bonchev–Trinajstić information content (AvgIpc) is 3.06. The maximum Gasteiger partial charge on any atom is 0.333 e. The van der Waals surface area contributed by atoms with E-state index in [1.54, 1.807) is 17.0 Å². The van der Waals surface area contributed by atoms with Crippen LogP contribution >= 0.6 is 0 Å². The summed E-state index contributed by atoms with van der Waals surface area (Å²) >= 11 is 0. The van der Waals surface area contributed by atoms with Gasteiger partial charge in [-0.25, -0.2) is 13.5 Å². The van der Waals surface area contributed by atoms with Gasteiger partial charge < -0.3 is 4.90 Å². The maximum atomic E-state index is 13.2. The summed E-state index contributed by atoms with van der Waals surface area (Å²) in [7, 11) is 0. The summed E-state index contributed by atoms with van der Waals surface area (Å²) in [4.78, 5) is 26.5. The molecule has 0 radical (unpaired) electrons. The van der Waals surface area contributed by atoms with Crippen LogP contribution in [0.25, 0.3) is 0 Å². The molecule has 8 heteroatoms. The van der Waals surface area contributed by atoms with Gasteiger partial charge in [0.2, 0.25) is 5.95 Å². The van der Waals surface area contributed by atoms with Crippen LogP contribution in [0.5, 0.6) is 0 Å². The van der Waals surface area contributed by atoms with Crippen LogP contribution in [0.4, 0.5) is 20.4 Å². The molecule has 0 saturated carbocycles. The topological polar surface area (TPSA) is 60.1 Å². The number of anilines is 2. The van der Waals surface area contributed by atoms with Crippen molar-refractivity contribution in [3.63, 3.8) is 0 Å². The Kier molecular flexibility index (Phi) is 3.87. The Balaban J connectivity index is 1.76. The van der Waals surface area contributed by atoms with Crippen LogP contribution < -0.4 is 16.0 Å². The molecule has 0 amide bonds. The van der Waals surface area contributed by atoms with Gasteiger partial charge in [0, 0.05) is 18.8 Å². The quantitative estimate of drug-likeness (QED) is 0.673. The molecule has 0 saturated heterocycles. The van der Waals surface area contributed by atoms with E-state index in [0.717, 1.165) is 4.68 Å². The Morgan fingerprint density at radius 3 is 2.12 bits per heavy atom. The first-order valence-electron chi connectivity index (χ1n) is 8.02. The highest BCUT2D eigenvalue weighted by molar-refractivity contribution is 5.58. The third-order valence-electron chi connectivity index (χ3n) is 4.29. The summed E-state index contributed by atoms with van der Waals surface area (Å²) in [5, 5.41) is 4.32. The SMILES string of the molecule is O=c1c(=O)n2c(nn1Cc1ccc(F)cc1)N(c1ccc(F)cc1)CC2. The lowest BCUT2D eigenvalue weighted by Gasteiger charge is -2.18. The van der Waals surface area contributed by atoms with Gasteiger partial charge in [0.15, 0.2) is 0 Å². The smallest absolute Gasteiger partial charge is 0.309 e. The Morgan fingerprint density at radius 2 is 1.46 bits per heavy atom. The first-order valence-corrected chi connectivity index (χ1v) is 8.02. The first kappa shape index (κ1) is 16.2. The Labute approximate surface area is 146 Å². The molecule has 2 heterocycles. The van der Waals surface area contributed by atoms with Gasteiger partial charge in [-0.15, -0.1) is 5.10 Å². The number of rotatable bonds is 3. The van der Waals surface area contributed by atoms with Crippen molar-refractivity contribution in [1.82, 2.24) is 14.3 Å². The maximum absolute atomic E-state index is 13.2. The van der Waals surface area contributed by atoms with Crippen LogP contribution in [0, 0.1) is 11.6 Å². The van der Waals surface area contributed by atoms with E-state index in [4.69, 9.17) is 0 Å². The lowest BCUT2D eigenvalue weighted by atomic mass is 10.2. The van der Waals surface area contributed by atoms with E-state index in [-0.39, 0.29) is 18.2 Å². The van der Waals surface area contributed by atoms with Crippen molar-refractivity contribution in [1.29, 1.82) is 0 Å². The average molecular weight is 356 g/mol. The van der Waals surface area contributed by atoms with E-state index < -0.39 is 11.1 Å². The number of fused-ring (bicyclic) bond motifs is 1. The summed E-state index contributed by atoms with van der Waals surface area (Å²) in [6, 6.07) is 11.5. The molecular weight excluding hydrogens is 342 g/mol. The number of aromatic nitrogens is 3. The fourth-order valence-electron chi connectivity index (χ4n) is 2.96. The second-order valence-corrected chi connectivity index (χ2v) is 5.97. The monoisotopic (exact) mass is 356 g/mol. The number of nitrogens with zero attached hydrogens (tertiary/aromatic N) is 4. The molecule has 0 unspecified atom stereocenters. The largest absolute Gasteiger partial charge is 0.333 e. The molecule has 0 N–H and O–H groups in total. The molecule has 1 aliphatic rings. The number of hydrogen-bond donors (Lipinski definition) is 0. The molecule has 0 fully saturated rings. The van der Waals surface area contributed by atoms with E-state index in [2.05, 4.69) is 5.10 Å². The molecule has 1 aliphatic heterocycles. The zero-order chi connectivity index (χ0) is 18.3. The second kappa shape index (κ2) is 6.21. The second-order valence-electron chi connectivity index (χ2n) is 5.97. The van der Waals surface area contributed by atoms with E-state index in [1.807, 2.05) is 0 Å². The minimum atomic E-state index is -0.737. The van der Waals surface area contributed by atoms with E-state index in [1.165, 1.54) is 41.0 Å². The van der Waals surface area contributed by atoms with Gasteiger partial charge in [-0.1, -0.05) is 12.1 Å². The molecule has 0 aliphatic carbocycles. The number of hydrogen-bond acceptors (Lipinski definition) is 4. The van der Waals surface area contributed by atoms with Crippen LogP contribution in [0.1, 0.15) is 5.56 Å². The summed E-state index contributed by atoms with van der Waals surface area (Å²) in [5.74, 6) is -0.423. The van der Waals surface area contributed by atoms with Crippen molar-refractivity contribution in [2.45, 2.75) is 13.1 Å². The highest BCUT2D eigenvalue weighted by atomic mass is 19.1. The van der Waals surface area contributed by atoms with Crippen LogP contribution in [0.3, 0.4) is 0 Å². The Hall–Kier alpha value is -3.29. The summed E-state index contributed by atoms with van der Waals surface area (Å²) in [5.41, 5.74) is -0.0750. The van der Waals surface area contributed by atoms with Crippen LogP contribution in [0.2, 0.25) is 0 Å². The van der Waals surface area contributed by atoms with Crippen molar-refractivity contribution in [2.75, 3.05) is 11.4 Å². The van der Waals surface area contributed by atoms with Gasteiger partial charge in [-0.05, 0) is 42.0 Å². The van der Waals surface area contributed by atoms with Crippen LogP contribution in [0.15, 0.2) is 58.1 Å². The lowest BCUT2D eigenvalue weighted by Crippen LogP contribution is -2.42. The third kappa shape index (κ3) is 2.79. The molecule has 3 aromatic rings. The molecule has 6 nitrogen and oxygen atoms in total. The predicted octanol–water partition coefficient (Wildman–Crippen LogP) is 1.88. The molecule has 1 aromatic heterocycles. The van der Waals surface area contributed by atoms with E-state index in [0.29, 0.717) is 30.3 Å². The summed E-state index contributed by atoms with van der Waals surface area (Å²) < 4.78 is 28.6. The Morgan fingerprint density at radius 1 is 0.846 bits per heavy atom. The highest BCUT2D eigenvalue weighted by Crippen LogP contribution is 2.26. The van der Waals surface area contributed by atoms with Gasteiger partial charge in [-0.2, -0.15) is 0 Å². The third-order valence-corrected chi connectivity index (χ3v) is 4.29. The predicted molar refractivity (Wildman–Crippen MR) is 91.7 cm³/mol. The van der Waals surface area contributed by atoms with Crippen molar-refractivity contribution < 1.29 is 8.78 Å². The van der Waals surface area contributed by atoms with Crippen LogP contribution in [-0.4, -0.2) is 20.9 Å². The van der Waals surface area contributed by atoms with E-state index >= 15 is 0 Å². The molecule has 0 atom stereocenters. The zero-order valence-corrected chi connectivity index (χ0v) is 13.6. The number of halogens is 2. The van der Waals surface area contributed by atoms with Gasteiger partial charge in [0.25, 0.3) is 0 Å². The van der Waals surface area contributed by atoms with Crippen molar-refractivity contribution >= 4 is 11.6 Å². The van der Waals surface area contributed by atoms with Gasteiger partial charge >= 0.3 is 11.1 Å². The fraction of sp³-hybridized carbons (Fsp3) is 0.167. The van der Waals surface area contributed by atoms with Crippen molar-refractivity contribution in [3.05, 3.63) is 86.4 Å². The zero-order valence-electron chi connectivity index (χ0n) is 13.6. The van der Waals surface area contributed by atoms with Gasteiger partial charge in [-0.3, -0.25) is 14.2 Å². The highest BCUT2D eigenvalue weighted by Gasteiger charge is 2.25. The van der Waals surface area contributed by atoms with E-state index in [9.17, 15) is 18.4 Å². The fourth-order valence-corrected chi connectivity index (χ4v) is 2.96. The molecule has 26 heavy (non-hydrogen) atoms.